The van der Waals surface area contributed by atoms with Crippen molar-refractivity contribution in [2.45, 2.75) is 64.0 Å². The van der Waals surface area contributed by atoms with E-state index >= 15 is 0 Å². The molecule has 2 aromatic carbocycles. The maximum Gasteiger partial charge on any atom is 0.273 e. The minimum absolute atomic E-state index is 0.0800. The van der Waals surface area contributed by atoms with Crippen molar-refractivity contribution in [3.63, 3.8) is 0 Å². The van der Waals surface area contributed by atoms with Crippen LogP contribution in [0.15, 0.2) is 42.5 Å². The highest BCUT2D eigenvalue weighted by atomic mass is 32.2. The summed E-state index contributed by atoms with van der Waals surface area (Å²) in [5.74, 6) is -2.93. The highest BCUT2D eigenvalue weighted by Gasteiger charge is 2.39. The molecule has 0 spiro atoms. The van der Waals surface area contributed by atoms with Crippen LogP contribution in [-0.4, -0.2) is 32.1 Å². The largest absolute Gasteiger partial charge is 0.390 e. The number of hydrogen-bond acceptors (Lipinski definition) is 5. The molecule has 2 aromatic rings. The molecule has 0 aromatic heterocycles. The van der Waals surface area contributed by atoms with Crippen LogP contribution >= 0.6 is 0 Å². The summed E-state index contributed by atoms with van der Waals surface area (Å²) in [5.41, 5.74) is 0.456. The van der Waals surface area contributed by atoms with Gasteiger partial charge in [0.05, 0.1) is 23.6 Å². The van der Waals surface area contributed by atoms with E-state index < -0.39 is 27.6 Å². The first-order valence-electron chi connectivity index (χ1n) is 11.0. The molecule has 0 heterocycles. The number of aliphatic hydroxyl groups excluding tert-OH is 1. The summed E-state index contributed by atoms with van der Waals surface area (Å²) in [6.45, 7) is 5.40. The highest BCUT2D eigenvalue weighted by Crippen LogP contribution is 2.39. The van der Waals surface area contributed by atoms with Gasteiger partial charge in [0.15, 0.2) is 0 Å². The second-order valence-electron chi connectivity index (χ2n) is 8.19. The Morgan fingerprint density at radius 1 is 1.06 bits per heavy atom. The molecule has 33 heavy (non-hydrogen) atoms. The molecule has 6 nitrogen and oxygen atoms in total. The van der Waals surface area contributed by atoms with Crippen LogP contribution in [0.4, 0.5) is 20.2 Å². The van der Waals surface area contributed by atoms with Crippen molar-refractivity contribution in [1.29, 1.82) is 5.41 Å². The third-order valence-corrected chi connectivity index (χ3v) is 6.39. The van der Waals surface area contributed by atoms with E-state index in [1.165, 1.54) is 12.1 Å². The van der Waals surface area contributed by atoms with E-state index in [1.54, 1.807) is 37.3 Å². The molecule has 4 N–H and O–H groups in total. The minimum atomic E-state index is -3.57. The van der Waals surface area contributed by atoms with Crippen LogP contribution in [0.25, 0.3) is 0 Å². The normalized spacial score (nSPS) is 14.9. The number of hydrogen-bond donors (Lipinski definition) is 4. The molecule has 0 radical (unpaired) electrons. The summed E-state index contributed by atoms with van der Waals surface area (Å²) in [6, 6.07) is 10.8. The Labute approximate surface area is 195 Å². The Balaban J connectivity index is 2.58. The van der Waals surface area contributed by atoms with Crippen molar-refractivity contribution >= 4 is 27.6 Å². The first-order valence-corrected chi connectivity index (χ1v) is 12.9. The zero-order valence-electron chi connectivity index (χ0n) is 19.5. The lowest BCUT2D eigenvalue weighted by atomic mass is 9.79. The molecule has 9 heteroatoms. The summed E-state index contributed by atoms with van der Waals surface area (Å²) < 4.78 is 54.6. The quantitative estimate of drug-likeness (QED) is 0.303. The predicted octanol–water partition coefficient (Wildman–Crippen LogP) is 5.44. The van der Waals surface area contributed by atoms with Crippen molar-refractivity contribution in [2.75, 3.05) is 16.3 Å². The molecule has 0 bridgehead atoms. The van der Waals surface area contributed by atoms with Gasteiger partial charge in [-0.05, 0) is 30.5 Å². The third kappa shape index (κ3) is 6.09. The number of nitrogens with one attached hydrogen (secondary N) is 3. The molecule has 0 fully saturated rings. The molecule has 182 valence electrons. The molecule has 0 aliphatic carbocycles. The van der Waals surface area contributed by atoms with Gasteiger partial charge in [-0.2, -0.15) is 0 Å². The zero-order chi connectivity index (χ0) is 24.9. The molecule has 0 saturated heterocycles. The predicted molar refractivity (Wildman–Crippen MR) is 130 cm³/mol. The van der Waals surface area contributed by atoms with Crippen molar-refractivity contribution in [3.8, 4) is 0 Å². The van der Waals surface area contributed by atoms with Gasteiger partial charge in [-0.25, -0.2) is 17.2 Å². The van der Waals surface area contributed by atoms with Gasteiger partial charge < -0.3 is 15.8 Å². The number of alkyl halides is 2. The highest BCUT2D eigenvalue weighted by molar-refractivity contribution is 7.92. The summed E-state index contributed by atoms with van der Waals surface area (Å²) in [6.07, 6.45) is 2.08. The van der Waals surface area contributed by atoms with E-state index in [0.29, 0.717) is 36.1 Å². The number of benzene rings is 2. The van der Waals surface area contributed by atoms with Crippen LogP contribution in [0.2, 0.25) is 0 Å². The number of sulfonamides is 1. The fourth-order valence-electron chi connectivity index (χ4n) is 4.05. The van der Waals surface area contributed by atoms with Gasteiger partial charge in [-0.15, -0.1) is 0 Å². The Morgan fingerprint density at radius 3 is 2.12 bits per heavy atom. The van der Waals surface area contributed by atoms with Gasteiger partial charge in [-0.3, -0.25) is 4.72 Å². The van der Waals surface area contributed by atoms with Gasteiger partial charge in [0.25, 0.3) is 5.92 Å². The van der Waals surface area contributed by atoms with Crippen molar-refractivity contribution in [3.05, 3.63) is 59.2 Å². The van der Waals surface area contributed by atoms with Crippen LogP contribution in [0.5, 0.6) is 0 Å². The van der Waals surface area contributed by atoms with Crippen LogP contribution in [0.1, 0.15) is 63.1 Å². The average molecular weight is 482 g/mol. The van der Waals surface area contributed by atoms with Gasteiger partial charge >= 0.3 is 0 Å². The van der Waals surface area contributed by atoms with Gasteiger partial charge in [0, 0.05) is 29.4 Å². The van der Waals surface area contributed by atoms with Gasteiger partial charge in [0.1, 0.15) is 0 Å². The van der Waals surface area contributed by atoms with E-state index in [0.717, 1.165) is 12.5 Å². The van der Waals surface area contributed by atoms with Crippen LogP contribution in [0, 0.1) is 5.41 Å². The number of rotatable bonds is 12. The molecular weight excluding hydrogens is 448 g/mol. The topological polar surface area (TPSA) is 102 Å². The molecule has 0 aliphatic rings. The van der Waals surface area contributed by atoms with Gasteiger partial charge in [0.2, 0.25) is 10.0 Å². The molecule has 2 rings (SSSR count). The maximum atomic E-state index is 14.4. The van der Waals surface area contributed by atoms with Crippen LogP contribution in [0.3, 0.4) is 0 Å². The van der Waals surface area contributed by atoms with Crippen molar-refractivity contribution in [2.24, 2.45) is 0 Å². The zero-order valence-corrected chi connectivity index (χ0v) is 20.3. The molecular formula is C24H33F2N3O3S. The van der Waals surface area contributed by atoms with Crippen LogP contribution in [-0.2, 0) is 21.5 Å². The summed E-state index contributed by atoms with van der Waals surface area (Å²) in [5, 5.41) is 22.2. The van der Waals surface area contributed by atoms with E-state index in [4.69, 9.17) is 5.41 Å². The molecule has 0 aliphatic heterocycles. The Hall–Kier alpha value is -2.52. The second kappa shape index (κ2) is 10.6. The average Bonchev–Trinajstić information content (AvgIpc) is 2.76. The molecule has 0 saturated carbocycles. The molecule has 0 amide bonds. The number of anilines is 2. The van der Waals surface area contributed by atoms with E-state index in [-0.39, 0.29) is 17.7 Å². The molecule has 2 atom stereocenters. The standard InChI is InChI=1S/C24H33F2N3O3S/c1-5-15-24(25,26)18-13-11-17(12-14-18)23(7-3,22(30)6-2)28-20-9-8-10-21(19(20)16-27)29-33(4,31)32/h8-14,16,22,27-30H,5-7,15H2,1-4H3. The summed E-state index contributed by atoms with van der Waals surface area (Å²) >= 11 is 0. The Kier molecular flexibility index (Phi) is 8.59. The lowest BCUT2D eigenvalue weighted by Gasteiger charge is -2.40. The number of halogens is 2. The lowest BCUT2D eigenvalue weighted by molar-refractivity contribution is -0.0140. The van der Waals surface area contributed by atoms with Crippen molar-refractivity contribution in [1.82, 2.24) is 0 Å². The fraction of sp³-hybridized carbons (Fsp3) is 0.458. The minimum Gasteiger partial charge on any atom is -0.390 e. The van der Waals surface area contributed by atoms with Crippen LogP contribution < -0.4 is 10.0 Å². The van der Waals surface area contributed by atoms with Crippen molar-refractivity contribution < 1.29 is 22.3 Å². The number of aliphatic hydroxyl groups is 1. The fourth-order valence-corrected chi connectivity index (χ4v) is 4.63. The summed E-state index contributed by atoms with van der Waals surface area (Å²) in [7, 11) is -3.57. The summed E-state index contributed by atoms with van der Waals surface area (Å²) in [4.78, 5) is 0. The monoisotopic (exact) mass is 481 g/mol. The second-order valence-corrected chi connectivity index (χ2v) is 9.94. The maximum absolute atomic E-state index is 14.4. The van der Waals surface area contributed by atoms with E-state index in [2.05, 4.69) is 10.0 Å². The third-order valence-electron chi connectivity index (χ3n) is 5.80. The van der Waals surface area contributed by atoms with E-state index in [9.17, 15) is 22.3 Å². The van der Waals surface area contributed by atoms with E-state index in [1.807, 2.05) is 13.8 Å². The lowest BCUT2D eigenvalue weighted by Crippen LogP contribution is -2.46. The Bertz CT molecular complexity index is 1060. The SMILES string of the molecule is CCCC(F)(F)c1ccc(C(CC)(Nc2cccc(NS(C)(=O)=O)c2C=N)C(O)CC)cc1. The van der Waals surface area contributed by atoms with Gasteiger partial charge in [-0.1, -0.05) is 57.5 Å². The first-order chi connectivity index (χ1) is 15.4. The first kappa shape index (κ1) is 26.7. The Morgan fingerprint density at radius 2 is 1.64 bits per heavy atom. The molecule has 2 unspecified atom stereocenters. The smallest absolute Gasteiger partial charge is 0.273 e.